The third-order valence-corrected chi connectivity index (χ3v) is 5.18. The van der Waals surface area contributed by atoms with Crippen LogP contribution in [-0.4, -0.2) is 32.3 Å². The quantitative estimate of drug-likeness (QED) is 0.539. The predicted octanol–water partition coefficient (Wildman–Crippen LogP) is 3.49. The topological polar surface area (TPSA) is 88.9 Å². The summed E-state index contributed by atoms with van der Waals surface area (Å²) in [5, 5.41) is 11.9. The normalized spacial score (nSPS) is 11.2. The third-order valence-electron chi connectivity index (χ3n) is 4.16. The average Bonchev–Trinajstić information content (AvgIpc) is 3.12. The molecular formula is C20H18F3N5O2S. The molecule has 2 aromatic carbocycles. The van der Waals surface area contributed by atoms with Crippen LogP contribution in [0.5, 0.6) is 0 Å². The zero-order valence-corrected chi connectivity index (χ0v) is 17.1. The van der Waals surface area contributed by atoms with Crippen molar-refractivity contribution >= 4 is 29.3 Å². The van der Waals surface area contributed by atoms with Gasteiger partial charge in [0.25, 0.3) is 5.91 Å². The number of benzene rings is 2. The van der Waals surface area contributed by atoms with E-state index in [0.717, 1.165) is 21.9 Å². The van der Waals surface area contributed by atoms with Crippen LogP contribution in [0.25, 0.3) is 0 Å². The highest BCUT2D eigenvalue weighted by Crippen LogP contribution is 2.29. The highest BCUT2D eigenvalue weighted by atomic mass is 32.2. The van der Waals surface area contributed by atoms with Crippen molar-refractivity contribution in [2.45, 2.75) is 17.9 Å². The van der Waals surface area contributed by atoms with E-state index in [1.165, 1.54) is 7.05 Å². The predicted molar refractivity (Wildman–Crippen MR) is 109 cm³/mol. The Kier molecular flexibility index (Phi) is 6.95. The number of nitrogens with zero attached hydrogens (tertiary/aromatic N) is 3. The van der Waals surface area contributed by atoms with Gasteiger partial charge in [0, 0.05) is 13.6 Å². The monoisotopic (exact) mass is 449 g/mol. The Hall–Kier alpha value is -3.34. The van der Waals surface area contributed by atoms with E-state index in [-0.39, 0.29) is 22.4 Å². The van der Waals surface area contributed by atoms with Crippen molar-refractivity contribution in [3.8, 4) is 0 Å². The highest BCUT2D eigenvalue weighted by Gasteiger charge is 2.37. The second-order valence-electron chi connectivity index (χ2n) is 6.41. The van der Waals surface area contributed by atoms with E-state index in [4.69, 9.17) is 0 Å². The van der Waals surface area contributed by atoms with Gasteiger partial charge in [0.05, 0.1) is 17.0 Å². The lowest BCUT2D eigenvalue weighted by Crippen LogP contribution is -2.25. The van der Waals surface area contributed by atoms with Crippen LogP contribution in [0, 0.1) is 0 Å². The molecule has 0 aliphatic heterocycles. The fourth-order valence-electron chi connectivity index (χ4n) is 2.67. The van der Waals surface area contributed by atoms with Gasteiger partial charge in [-0.1, -0.05) is 54.2 Å². The van der Waals surface area contributed by atoms with E-state index >= 15 is 0 Å². The summed E-state index contributed by atoms with van der Waals surface area (Å²) in [5.41, 5.74) is 1.50. The van der Waals surface area contributed by atoms with Crippen LogP contribution in [-0.2, 0) is 24.6 Å². The molecule has 1 aromatic heterocycles. The molecule has 3 aromatic rings. The van der Waals surface area contributed by atoms with E-state index in [1.54, 1.807) is 24.3 Å². The van der Waals surface area contributed by atoms with Crippen LogP contribution in [0.4, 0.5) is 18.9 Å². The second kappa shape index (κ2) is 9.65. The number of thioether (sulfide) groups is 1. The number of nitrogens with one attached hydrogen (secondary N) is 2. The van der Waals surface area contributed by atoms with Gasteiger partial charge in [0.15, 0.2) is 5.16 Å². The maximum absolute atomic E-state index is 12.8. The van der Waals surface area contributed by atoms with Gasteiger partial charge in [0.2, 0.25) is 11.7 Å². The fourth-order valence-corrected chi connectivity index (χ4v) is 3.38. The molecule has 3 rings (SSSR count). The van der Waals surface area contributed by atoms with Gasteiger partial charge in [0.1, 0.15) is 0 Å². The number of carbonyl (C=O) groups excluding carboxylic acids is 2. The lowest BCUT2D eigenvalue weighted by atomic mass is 10.1. The van der Waals surface area contributed by atoms with Gasteiger partial charge < -0.3 is 15.2 Å². The molecule has 0 unspecified atom stereocenters. The highest BCUT2D eigenvalue weighted by molar-refractivity contribution is 7.99. The van der Waals surface area contributed by atoms with Crippen molar-refractivity contribution < 1.29 is 22.8 Å². The van der Waals surface area contributed by atoms with Crippen LogP contribution >= 0.6 is 11.8 Å². The van der Waals surface area contributed by atoms with Crippen molar-refractivity contribution in [2.75, 3.05) is 11.1 Å². The zero-order chi connectivity index (χ0) is 22.4. The van der Waals surface area contributed by atoms with Crippen molar-refractivity contribution in [3.05, 3.63) is 71.5 Å². The molecule has 0 saturated heterocycles. The first kappa shape index (κ1) is 22.3. The summed E-state index contributed by atoms with van der Waals surface area (Å²) < 4.78 is 39.2. The first-order valence-corrected chi connectivity index (χ1v) is 10.0. The molecule has 2 amide bonds. The van der Waals surface area contributed by atoms with E-state index in [2.05, 4.69) is 20.8 Å². The Labute approximate surface area is 180 Å². The minimum absolute atomic E-state index is 0.0450. The molecule has 0 atom stereocenters. The molecule has 0 fully saturated rings. The van der Waals surface area contributed by atoms with Crippen LogP contribution in [0.3, 0.4) is 0 Å². The third kappa shape index (κ3) is 5.85. The molecule has 2 N–H and O–H groups in total. The van der Waals surface area contributed by atoms with Gasteiger partial charge in [-0.3, -0.25) is 9.59 Å². The van der Waals surface area contributed by atoms with Crippen molar-refractivity contribution in [2.24, 2.45) is 7.05 Å². The molecule has 0 spiro atoms. The number of amides is 2. The number of hydrogen-bond acceptors (Lipinski definition) is 5. The Balaban J connectivity index is 1.61. The summed E-state index contributed by atoms with van der Waals surface area (Å²) in [6, 6.07) is 15.8. The van der Waals surface area contributed by atoms with E-state index in [1.807, 2.05) is 30.3 Å². The van der Waals surface area contributed by atoms with Crippen molar-refractivity contribution in [1.82, 2.24) is 20.1 Å². The van der Waals surface area contributed by atoms with Gasteiger partial charge in [-0.25, -0.2) is 0 Å². The zero-order valence-electron chi connectivity index (χ0n) is 16.3. The number of carbonyl (C=O) groups is 2. The molecule has 0 saturated carbocycles. The summed E-state index contributed by atoms with van der Waals surface area (Å²) in [5.74, 6) is -2.21. The fraction of sp³-hybridized carbons (Fsp3) is 0.200. The molecule has 162 valence electrons. The number of alkyl halides is 3. The molecule has 1 heterocycles. The maximum atomic E-state index is 12.8. The molecular weight excluding hydrogens is 431 g/mol. The summed E-state index contributed by atoms with van der Waals surface area (Å²) in [4.78, 5) is 24.9. The molecule has 11 heteroatoms. The smallest absolute Gasteiger partial charge is 0.348 e. The number of hydrogen-bond donors (Lipinski definition) is 2. The van der Waals surface area contributed by atoms with E-state index in [0.29, 0.717) is 12.2 Å². The summed E-state index contributed by atoms with van der Waals surface area (Å²) in [6.07, 6.45) is -4.63. The molecule has 31 heavy (non-hydrogen) atoms. The van der Waals surface area contributed by atoms with Crippen LogP contribution in [0.15, 0.2) is 59.8 Å². The van der Waals surface area contributed by atoms with Gasteiger partial charge >= 0.3 is 6.18 Å². The number of aromatic nitrogens is 3. The number of rotatable bonds is 7. The number of para-hydroxylation sites is 1. The van der Waals surface area contributed by atoms with E-state index in [9.17, 15) is 22.8 Å². The van der Waals surface area contributed by atoms with Gasteiger partial charge in [-0.15, -0.1) is 10.2 Å². The van der Waals surface area contributed by atoms with Crippen molar-refractivity contribution in [1.29, 1.82) is 0 Å². The minimum atomic E-state index is -4.63. The largest absolute Gasteiger partial charge is 0.451 e. The average molecular weight is 449 g/mol. The summed E-state index contributed by atoms with van der Waals surface area (Å²) >= 11 is 0.810. The Morgan fingerprint density at radius 1 is 1.03 bits per heavy atom. The molecule has 7 nitrogen and oxygen atoms in total. The summed E-state index contributed by atoms with van der Waals surface area (Å²) in [7, 11) is 1.18. The van der Waals surface area contributed by atoms with Crippen LogP contribution in [0.1, 0.15) is 21.7 Å². The minimum Gasteiger partial charge on any atom is -0.348 e. The molecule has 0 bridgehead atoms. The number of halogens is 3. The number of anilines is 1. The first-order valence-electron chi connectivity index (χ1n) is 9.06. The maximum Gasteiger partial charge on any atom is 0.451 e. The van der Waals surface area contributed by atoms with Crippen molar-refractivity contribution in [3.63, 3.8) is 0 Å². The standard InChI is InChI=1S/C20H18F3N5O2S/c1-28-18(20(21,22)23)26-27-19(28)31-12-16(29)25-15-10-6-5-9-14(15)17(30)24-11-13-7-3-2-4-8-13/h2-10H,11-12H2,1H3,(H,24,30)(H,25,29). The van der Waals surface area contributed by atoms with Gasteiger partial charge in [-0.2, -0.15) is 13.2 Å². The Bertz CT molecular complexity index is 1070. The van der Waals surface area contributed by atoms with Crippen LogP contribution in [0.2, 0.25) is 0 Å². The Morgan fingerprint density at radius 2 is 1.71 bits per heavy atom. The summed E-state index contributed by atoms with van der Waals surface area (Å²) in [6.45, 7) is 0.325. The SMILES string of the molecule is Cn1c(SCC(=O)Nc2ccccc2C(=O)NCc2ccccc2)nnc1C(F)(F)F. The molecule has 0 radical (unpaired) electrons. The lowest BCUT2D eigenvalue weighted by Gasteiger charge is -2.11. The molecule has 0 aliphatic rings. The van der Waals surface area contributed by atoms with Gasteiger partial charge in [-0.05, 0) is 17.7 Å². The lowest BCUT2D eigenvalue weighted by molar-refractivity contribution is -0.147. The van der Waals surface area contributed by atoms with E-state index < -0.39 is 17.9 Å². The first-order chi connectivity index (χ1) is 14.8. The van der Waals surface area contributed by atoms with Crippen LogP contribution < -0.4 is 10.6 Å². The Morgan fingerprint density at radius 3 is 2.39 bits per heavy atom. The molecule has 0 aliphatic carbocycles. The second-order valence-corrected chi connectivity index (χ2v) is 7.36.